The van der Waals surface area contributed by atoms with Crippen molar-refractivity contribution in [2.75, 3.05) is 7.11 Å². The molecule has 6 nitrogen and oxygen atoms in total. The number of rotatable bonds is 4. The molecule has 0 N–H and O–H groups in total. The number of methoxy groups -OCH3 is 1. The average molecular weight is 297 g/mol. The predicted molar refractivity (Wildman–Crippen MR) is 81.6 cm³/mol. The fourth-order valence-electron chi connectivity index (χ4n) is 2.37. The van der Waals surface area contributed by atoms with Crippen molar-refractivity contribution in [3.63, 3.8) is 0 Å². The summed E-state index contributed by atoms with van der Waals surface area (Å²) in [5, 5.41) is 0. The molecule has 0 spiro atoms. The van der Waals surface area contributed by atoms with Crippen LogP contribution in [-0.2, 0) is 6.54 Å². The Balaban J connectivity index is 2.16. The van der Waals surface area contributed by atoms with Crippen molar-refractivity contribution in [1.82, 2.24) is 14.0 Å². The van der Waals surface area contributed by atoms with Crippen LogP contribution in [-0.4, -0.2) is 26.8 Å². The molecule has 3 aromatic rings. The van der Waals surface area contributed by atoms with Gasteiger partial charge in [-0.1, -0.05) is 30.3 Å². The third-order valence-electron chi connectivity index (χ3n) is 3.48. The number of fused-ring (bicyclic) bond motifs is 1. The highest BCUT2D eigenvalue weighted by Gasteiger charge is 2.16. The highest BCUT2D eigenvalue weighted by Crippen LogP contribution is 2.14. The molecule has 0 saturated carbocycles. The van der Waals surface area contributed by atoms with E-state index in [1.54, 1.807) is 30.3 Å². The second-order valence-corrected chi connectivity index (χ2v) is 4.76. The molecule has 0 radical (unpaired) electrons. The van der Waals surface area contributed by atoms with Gasteiger partial charge in [0, 0.05) is 24.4 Å². The van der Waals surface area contributed by atoms with Gasteiger partial charge < -0.3 is 4.74 Å². The smallest absolute Gasteiger partial charge is 0.336 e. The van der Waals surface area contributed by atoms with Gasteiger partial charge in [0.2, 0.25) is 11.7 Å². The SMILES string of the molecule is CCn1c(OC)cc2nc(C(=O)c3ccccc3)cn2c1=O. The van der Waals surface area contributed by atoms with E-state index in [4.69, 9.17) is 4.74 Å². The number of benzene rings is 1. The predicted octanol–water partition coefficient (Wildman–Crippen LogP) is 1.76. The van der Waals surface area contributed by atoms with Gasteiger partial charge in [-0.3, -0.25) is 13.8 Å². The number of aromatic nitrogens is 3. The number of hydrogen-bond donors (Lipinski definition) is 0. The summed E-state index contributed by atoms with van der Waals surface area (Å²) in [6, 6.07) is 10.5. The molecule has 2 aromatic heterocycles. The molecule has 2 heterocycles. The highest BCUT2D eigenvalue weighted by molar-refractivity contribution is 6.07. The van der Waals surface area contributed by atoms with Crippen molar-refractivity contribution in [1.29, 1.82) is 0 Å². The Morgan fingerprint density at radius 2 is 2.00 bits per heavy atom. The van der Waals surface area contributed by atoms with E-state index in [0.29, 0.717) is 23.6 Å². The molecule has 0 fully saturated rings. The van der Waals surface area contributed by atoms with Gasteiger partial charge in [-0.2, -0.15) is 0 Å². The van der Waals surface area contributed by atoms with Gasteiger partial charge in [-0.05, 0) is 6.92 Å². The minimum atomic E-state index is -0.281. The number of nitrogens with zero attached hydrogens (tertiary/aromatic N) is 3. The molecule has 0 bridgehead atoms. The van der Waals surface area contributed by atoms with E-state index < -0.39 is 0 Å². The van der Waals surface area contributed by atoms with E-state index in [1.165, 1.54) is 22.3 Å². The minimum absolute atomic E-state index is 0.217. The zero-order chi connectivity index (χ0) is 15.7. The summed E-state index contributed by atoms with van der Waals surface area (Å²) < 4.78 is 8.05. The summed E-state index contributed by atoms with van der Waals surface area (Å²) in [5.74, 6) is 0.204. The molecular formula is C16H15N3O3. The first-order valence-corrected chi connectivity index (χ1v) is 6.92. The standard InChI is InChI=1S/C16H15N3O3/c1-3-18-14(22-2)9-13-17-12(10-19(13)16(18)21)15(20)11-7-5-4-6-8-11/h4-10H,3H2,1-2H3. The number of carbonyl (C=O) groups excluding carboxylic acids is 1. The molecule has 112 valence electrons. The summed E-state index contributed by atoms with van der Waals surface area (Å²) in [5.41, 5.74) is 0.884. The van der Waals surface area contributed by atoms with Crippen LogP contribution in [0.25, 0.3) is 5.65 Å². The molecule has 0 aliphatic carbocycles. The molecule has 3 rings (SSSR count). The lowest BCUT2D eigenvalue weighted by molar-refractivity contribution is 0.103. The van der Waals surface area contributed by atoms with Crippen LogP contribution in [0.15, 0.2) is 47.4 Å². The van der Waals surface area contributed by atoms with E-state index in [-0.39, 0.29) is 17.2 Å². The number of ether oxygens (including phenoxy) is 1. The monoisotopic (exact) mass is 297 g/mol. The normalized spacial score (nSPS) is 10.8. The van der Waals surface area contributed by atoms with Crippen molar-refractivity contribution in [2.45, 2.75) is 13.5 Å². The van der Waals surface area contributed by atoms with Gasteiger partial charge in [-0.25, -0.2) is 9.78 Å². The Kier molecular flexibility index (Phi) is 3.50. The second kappa shape index (κ2) is 5.48. The maximum absolute atomic E-state index is 12.4. The molecule has 6 heteroatoms. The minimum Gasteiger partial charge on any atom is -0.482 e. The first-order chi connectivity index (χ1) is 10.7. The van der Waals surface area contributed by atoms with Gasteiger partial charge in [0.15, 0.2) is 0 Å². The summed E-state index contributed by atoms with van der Waals surface area (Å²) in [6.45, 7) is 2.32. The molecule has 0 atom stereocenters. The number of ketones is 1. The summed E-state index contributed by atoms with van der Waals surface area (Å²) >= 11 is 0. The molecule has 22 heavy (non-hydrogen) atoms. The van der Waals surface area contributed by atoms with E-state index in [1.807, 2.05) is 13.0 Å². The summed E-state index contributed by atoms with van der Waals surface area (Å²) in [4.78, 5) is 29.1. The first kappa shape index (κ1) is 14.1. The van der Waals surface area contributed by atoms with Crippen LogP contribution in [0.4, 0.5) is 0 Å². The van der Waals surface area contributed by atoms with Crippen LogP contribution in [0.3, 0.4) is 0 Å². The van der Waals surface area contributed by atoms with Crippen LogP contribution >= 0.6 is 0 Å². The third-order valence-corrected chi connectivity index (χ3v) is 3.48. The molecular weight excluding hydrogens is 282 g/mol. The Labute approximate surface area is 126 Å². The lowest BCUT2D eigenvalue weighted by atomic mass is 10.1. The van der Waals surface area contributed by atoms with Crippen molar-refractivity contribution in [3.05, 3.63) is 64.3 Å². The van der Waals surface area contributed by atoms with Crippen LogP contribution in [0, 0.1) is 0 Å². The quantitative estimate of drug-likeness (QED) is 0.688. The maximum Gasteiger partial charge on any atom is 0.336 e. The summed E-state index contributed by atoms with van der Waals surface area (Å²) in [6.07, 6.45) is 1.47. The van der Waals surface area contributed by atoms with Crippen LogP contribution in [0.2, 0.25) is 0 Å². The van der Waals surface area contributed by atoms with Crippen molar-refractivity contribution in [2.24, 2.45) is 0 Å². The largest absolute Gasteiger partial charge is 0.482 e. The van der Waals surface area contributed by atoms with Gasteiger partial charge >= 0.3 is 5.69 Å². The van der Waals surface area contributed by atoms with Gasteiger partial charge in [0.1, 0.15) is 11.3 Å². The van der Waals surface area contributed by atoms with E-state index in [9.17, 15) is 9.59 Å². The second-order valence-electron chi connectivity index (χ2n) is 4.76. The zero-order valence-electron chi connectivity index (χ0n) is 12.3. The van der Waals surface area contributed by atoms with Crippen molar-refractivity contribution in [3.8, 4) is 5.88 Å². The highest BCUT2D eigenvalue weighted by atomic mass is 16.5. The average Bonchev–Trinajstić information content (AvgIpc) is 2.99. The molecule has 0 amide bonds. The van der Waals surface area contributed by atoms with Crippen molar-refractivity contribution >= 4 is 11.4 Å². The molecule has 0 saturated heterocycles. The topological polar surface area (TPSA) is 65.6 Å². The van der Waals surface area contributed by atoms with Crippen molar-refractivity contribution < 1.29 is 9.53 Å². The van der Waals surface area contributed by atoms with Crippen LogP contribution < -0.4 is 10.4 Å². The third kappa shape index (κ3) is 2.18. The molecule has 0 unspecified atom stereocenters. The van der Waals surface area contributed by atoms with E-state index in [2.05, 4.69) is 4.98 Å². The van der Waals surface area contributed by atoms with E-state index in [0.717, 1.165) is 0 Å². The Bertz CT molecular complexity index is 894. The zero-order valence-corrected chi connectivity index (χ0v) is 12.3. The van der Waals surface area contributed by atoms with Gasteiger partial charge in [0.25, 0.3) is 0 Å². The fourth-order valence-corrected chi connectivity index (χ4v) is 2.37. The lowest BCUT2D eigenvalue weighted by Gasteiger charge is -2.09. The Morgan fingerprint density at radius 3 is 2.64 bits per heavy atom. The molecule has 0 aliphatic heterocycles. The Morgan fingerprint density at radius 1 is 1.27 bits per heavy atom. The lowest BCUT2D eigenvalue weighted by Crippen LogP contribution is -2.26. The van der Waals surface area contributed by atoms with E-state index >= 15 is 0 Å². The van der Waals surface area contributed by atoms with Crippen LogP contribution in [0.1, 0.15) is 23.0 Å². The first-order valence-electron chi connectivity index (χ1n) is 6.92. The fraction of sp³-hybridized carbons (Fsp3) is 0.188. The number of carbonyl (C=O) groups is 1. The molecule has 1 aromatic carbocycles. The number of imidazole rings is 1. The number of hydrogen-bond acceptors (Lipinski definition) is 4. The van der Waals surface area contributed by atoms with Gasteiger partial charge in [0.05, 0.1) is 7.11 Å². The molecule has 0 aliphatic rings. The van der Waals surface area contributed by atoms with Gasteiger partial charge in [-0.15, -0.1) is 0 Å². The Hall–Kier alpha value is -2.89. The van der Waals surface area contributed by atoms with Crippen LogP contribution in [0.5, 0.6) is 5.88 Å². The summed E-state index contributed by atoms with van der Waals surface area (Å²) in [7, 11) is 1.50. The maximum atomic E-state index is 12.4.